The van der Waals surface area contributed by atoms with E-state index in [1.54, 1.807) is 0 Å². The van der Waals surface area contributed by atoms with E-state index in [0.29, 0.717) is 6.04 Å². The fourth-order valence-electron chi connectivity index (χ4n) is 2.74. The van der Waals surface area contributed by atoms with Crippen LogP contribution in [0.25, 0.3) is 0 Å². The predicted molar refractivity (Wildman–Crippen MR) is 88.2 cm³/mol. The highest BCUT2D eigenvalue weighted by Crippen LogP contribution is 2.34. The number of thiophene rings is 1. The minimum absolute atomic E-state index is 0.249. The summed E-state index contributed by atoms with van der Waals surface area (Å²) >= 11 is 4.04. The number of rotatable bonds is 5. The lowest BCUT2D eigenvalue weighted by molar-refractivity contribution is 0.177. The normalized spacial score (nSPS) is 24.3. The largest absolute Gasteiger partial charge is 0.326 e. The van der Waals surface area contributed by atoms with Crippen molar-refractivity contribution in [2.24, 2.45) is 5.73 Å². The van der Waals surface area contributed by atoms with Gasteiger partial charge in [-0.25, -0.2) is 0 Å². The third-order valence-electron chi connectivity index (χ3n) is 3.95. The highest BCUT2D eigenvalue weighted by Gasteiger charge is 2.30. The summed E-state index contributed by atoms with van der Waals surface area (Å²) in [6, 6.07) is 5.17. The van der Waals surface area contributed by atoms with Gasteiger partial charge in [-0.2, -0.15) is 11.8 Å². The van der Waals surface area contributed by atoms with Gasteiger partial charge in [0.2, 0.25) is 0 Å². The first kappa shape index (κ1) is 15.4. The van der Waals surface area contributed by atoms with Crippen molar-refractivity contribution in [2.45, 2.75) is 50.9 Å². The van der Waals surface area contributed by atoms with Gasteiger partial charge in [-0.1, -0.05) is 13.8 Å². The summed E-state index contributed by atoms with van der Waals surface area (Å²) in [6.45, 7) is 9.05. The van der Waals surface area contributed by atoms with Crippen molar-refractivity contribution in [1.82, 2.24) is 4.90 Å². The summed E-state index contributed by atoms with van der Waals surface area (Å²) in [6.07, 6.45) is 2.31. The van der Waals surface area contributed by atoms with Gasteiger partial charge in [-0.05, 0) is 31.9 Å². The van der Waals surface area contributed by atoms with Crippen molar-refractivity contribution in [2.75, 3.05) is 18.8 Å². The Kier molecular flexibility index (Phi) is 5.75. The van der Waals surface area contributed by atoms with Crippen LogP contribution in [0.1, 0.15) is 42.5 Å². The Balaban J connectivity index is 2.17. The Morgan fingerprint density at radius 2 is 2.21 bits per heavy atom. The molecule has 0 radical (unpaired) electrons. The fourth-order valence-corrected chi connectivity index (χ4v) is 5.03. The Hall–Kier alpha value is -0.0300. The second-order valence-electron chi connectivity index (χ2n) is 5.36. The Morgan fingerprint density at radius 1 is 1.42 bits per heavy atom. The monoisotopic (exact) mass is 298 g/mol. The van der Waals surface area contributed by atoms with Crippen molar-refractivity contribution in [3.8, 4) is 0 Å². The molecule has 1 aliphatic heterocycles. The van der Waals surface area contributed by atoms with Crippen molar-refractivity contribution in [1.29, 1.82) is 0 Å². The van der Waals surface area contributed by atoms with Crippen LogP contribution in [0.2, 0.25) is 0 Å². The summed E-state index contributed by atoms with van der Waals surface area (Å²) in [5, 5.41) is 0.779. The van der Waals surface area contributed by atoms with Crippen LogP contribution < -0.4 is 5.73 Å². The van der Waals surface area contributed by atoms with Crippen LogP contribution in [0, 0.1) is 6.92 Å². The van der Waals surface area contributed by atoms with E-state index < -0.39 is 0 Å². The molecule has 1 fully saturated rings. The maximum atomic E-state index is 6.43. The molecule has 108 valence electrons. The van der Waals surface area contributed by atoms with Gasteiger partial charge >= 0.3 is 0 Å². The molecular formula is C15H26N2S2. The fraction of sp³-hybridized carbons (Fsp3) is 0.733. The highest BCUT2D eigenvalue weighted by molar-refractivity contribution is 8.00. The molecule has 0 amide bonds. The van der Waals surface area contributed by atoms with E-state index in [-0.39, 0.29) is 6.04 Å². The molecule has 2 heterocycles. The maximum Gasteiger partial charge on any atom is 0.0594 e. The van der Waals surface area contributed by atoms with E-state index in [0.717, 1.165) is 11.7 Å². The zero-order valence-corrected chi connectivity index (χ0v) is 13.9. The summed E-state index contributed by atoms with van der Waals surface area (Å²) in [5.41, 5.74) is 6.43. The number of thioether (sulfide) groups is 1. The first-order valence-electron chi connectivity index (χ1n) is 7.33. The van der Waals surface area contributed by atoms with Gasteiger partial charge in [-0.3, -0.25) is 4.90 Å². The zero-order valence-electron chi connectivity index (χ0n) is 12.3. The van der Waals surface area contributed by atoms with E-state index in [2.05, 4.69) is 49.6 Å². The Bertz CT molecular complexity index is 391. The summed E-state index contributed by atoms with van der Waals surface area (Å²) in [4.78, 5) is 5.47. The molecule has 3 unspecified atom stereocenters. The molecule has 0 spiro atoms. The van der Waals surface area contributed by atoms with Crippen molar-refractivity contribution in [3.05, 3.63) is 21.9 Å². The molecule has 2 N–H and O–H groups in total. The zero-order chi connectivity index (χ0) is 13.8. The lowest BCUT2D eigenvalue weighted by atomic mass is 10.0. The van der Waals surface area contributed by atoms with E-state index in [1.165, 1.54) is 35.0 Å². The minimum atomic E-state index is 0.249. The second kappa shape index (κ2) is 7.11. The maximum absolute atomic E-state index is 6.43. The van der Waals surface area contributed by atoms with Gasteiger partial charge in [0, 0.05) is 39.9 Å². The van der Waals surface area contributed by atoms with Crippen LogP contribution in [-0.4, -0.2) is 35.0 Å². The SMILES string of the molecule is CCC1CN(C(c2ccc(C)s2)C(N)CC)CCS1. The van der Waals surface area contributed by atoms with Crippen molar-refractivity contribution >= 4 is 23.1 Å². The number of nitrogens with zero attached hydrogens (tertiary/aromatic N) is 1. The number of nitrogens with two attached hydrogens (primary N) is 1. The number of hydrogen-bond acceptors (Lipinski definition) is 4. The van der Waals surface area contributed by atoms with E-state index in [4.69, 9.17) is 5.73 Å². The molecule has 0 bridgehead atoms. The van der Waals surface area contributed by atoms with Gasteiger partial charge in [0.15, 0.2) is 0 Å². The molecule has 1 saturated heterocycles. The molecular weight excluding hydrogens is 272 g/mol. The predicted octanol–water partition coefficient (Wildman–Crippen LogP) is 3.66. The van der Waals surface area contributed by atoms with Gasteiger partial charge < -0.3 is 5.73 Å². The Morgan fingerprint density at radius 3 is 2.79 bits per heavy atom. The molecule has 2 rings (SSSR count). The van der Waals surface area contributed by atoms with Gasteiger partial charge in [-0.15, -0.1) is 11.3 Å². The average molecular weight is 299 g/mol. The van der Waals surface area contributed by atoms with Crippen molar-refractivity contribution in [3.63, 3.8) is 0 Å². The second-order valence-corrected chi connectivity index (χ2v) is 8.09. The van der Waals surface area contributed by atoms with Gasteiger partial charge in [0.05, 0.1) is 6.04 Å². The number of hydrogen-bond donors (Lipinski definition) is 1. The molecule has 0 aromatic carbocycles. The minimum Gasteiger partial charge on any atom is -0.326 e. The number of aryl methyl sites for hydroxylation is 1. The molecule has 2 nitrogen and oxygen atoms in total. The first-order chi connectivity index (χ1) is 9.15. The molecule has 1 aromatic rings. The van der Waals surface area contributed by atoms with Gasteiger partial charge in [0.25, 0.3) is 0 Å². The van der Waals surface area contributed by atoms with E-state index in [9.17, 15) is 0 Å². The molecule has 1 aromatic heterocycles. The lowest BCUT2D eigenvalue weighted by Crippen LogP contribution is -2.46. The Labute approximate surface area is 125 Å². The highest BCUT2D eigenvalue weighted by atomic mass is 32.2. The van der Waals surface area contributed by atoms with Crippen LogP contribution in [-0.2, 0) is 0 Å². The summed E-state index contributed by atoms with van der Waals surface area (Å²) in [7, 11) is 0. The third kappa shape index (κ3) is 3.75. The van der Waals surface area contributed by atoms with E-state index >= 15 is 0 Å². The lowest BCUT2D eigenvalue weighted by Gasteiger charge is -2.39. The first-order valence-corrected chi connectivity index (χ1v) is 9.19. The molecule has 0 saturated carbocycles. The van der Waals surface area contributed by atoms with Crippen LogP contribution in [0.15, 0.2) is 12.1 Å². The van der Waals surface area contributed by atoms with Gasteiger partial charge in [0.1, 0.15) is 0 Å². The molecule has 4 heteroatoms. The summed E-state index contributed by atoms with van der Waals surface area (Å²) in [5.74, 6) is 1.25. The quantitative estimate of drug-likeness (QED) is 0.899. The van der Waals surface area contributed by atoms with Crippen molar-refractivity contribution < 1.29 is 0 Å². The molecule has 3 atom stereocenters. The molecule has 1 aliphatic rings. The third-order valence-corrected chi connectivity index (χ3v) is 6.39. The average Bonchev–Trinajstić information content (AvgIpc) is 2.85. The van der Waals surface area contributed by atoms with Crippen LogP contribution in [0.4, 0.5) is 0 Å². The summed E-state index contributed by atoms with van der Waals surface area (Å²) < 4.78 is 0. The van der Waals surface area contributed by atoms with Crippen LogP contribution >= 0.6 is 23.1 Å². The molecule has 0 aliphatic carbocycles. The van der Waals surface area contributed by atoms with Crippen LogP contribution in [0.5, 0.6) is 0 Å². The topological polar surface area (TPSA) is 29.3 Å². The smallest absolute Gasteiger partial charge is 0.0594 e. The standard InChI is InChI=1S/C15H26N2S2/c1-4-12-10-17(8-9-18-12)15(13(16)5-2)14-7-6-11(3)19-14/h6-7,12-13,15H,4-5,8-10,16H2,1-3H3. The molecule has 19 heavy (non-hydrogen) atoms. The van der Waals surface area contributed by atoms with E-state index in [1.807, 2.05) is 11.3 Å². The van der Waals surface area contributed by atoms with Crippen LogP contribution in [0.3, 0.4) is 0 Å².